The first-order valence-electron chi connectivity index (χ1n) is 4.58. The Bertz CT molecular complexity index is 369. The van der Waals surface area contributed by atoms with E-state index in [1.54, 1.807) is 0 Å². The highest BCUT2D eigenvalue weighted by Gasteiger charge is 2.54. The molecule has 1 atom stereocenters. The van der Waals surface area contributed by atoms with E-state index in [1.165, 1.54) is 0 Å². The van der Waals surface area contributed by atoms with Crippen molar-refractivity contribution in [3.05, 3.63) is 0 Å². The number of rotatable bonds is 5. The fourth-order valence-corrected chi connectivity index (χ4v) is 1.51. The molecule has 0 saturated carbocycles. The molecule has 0 bridgehead atoms. The molecule has 1 heterocycles. The number of carboxylic acids is 1. The SMILES string of the molecule is O=C(O)C(CC(F)F)C1(CC(F)(F)F)N=NN=N1. The number of carboxylic acid groups (broad SMARTS) is 1. The molecule has 1 unspecified atom stereocenters. The van der Waals surface area contributed by atoms with E-state index in [0.717, 1.165) is 0 Å². The molecule has 0 aliphatic carbocycles. The van der Waals surface area contributed by atoms with Crippen LogP contribution in [0.15, 0.2) is 20.7 Å². The standard InChI is InChI=1S/C7H7F5N4O2/c8-4(9)1-3(5(17)18)6(2-7(10,11)12)13-15-16-14-6/h3-4H,1-2H2,(H,17,18). The van der Waals surface area contributed by atoms with Crippen molar-refractivity contribution < 1.29 is 31.9 Å². The number of halogens is 5. The molecule has 6 nitrogen and oxygen atoms in total. The minimum absolute atomic E-state index is 1.32. The van der Waals surface area contributed by atoms with Crippen LogP contribution < -0.4 is 0 Å². The van der Waals surface area contributed by atoms with Gasteiger partial charge in [0.2, 0.25) is 12.1 Å². The minimum Gasteiger partial charge on any atom is -0.481 e. The van der Waals surface area contributed by atoms with Crippen molar-refractivity contribution in [2.75, 3.05) is 0 Å². The number of alkyl halides is 5. The highest BCUT2D eigenvalue weighted by molar-refractivity contribution is 5.72. The van der Waals surface area contributed by atoms with Crippen LogP contribution in [-0.4, -0.2) is 29.3 Å². The van der Waals surface area contributed by atoms with Gasteiger partial charge in [0.1, 0.15) is 5.92 Å². The van der Waals surface area contributed by atoms with Gasteiger partial charge in [-0.25, -0.2) is 8.78 Å². The summed E-state index contributed by atoms with van der Waals surface area (Å²) in [6, 6.07) is 0. The van der Waals surface area contributed by atoms with Crippen LogP contribution in [0.4, 0.5) is 22.0 Å². The summed E-state index contributed by atoms with van der Waals surface area (Å²) in [4.78, 5) is 10.8. The van der Waals surface area contributed by atoms with Crippen LogP contribution in [0.2, 0.25) is 0 Å². The van der Waals surface area contributed by atoms with Gasteiger partial charge in [-0.05, 0) is 10.4 Å². The van der Waals surface area contributed by atoms with Gasteiger partial charge in [-0.3, -0.25) is 4.79 Å². The van der Waals surface area contributed by atoms with E-state index in [9.17, 15) is 26.7 Å². The minimum atomic E-state index is -4.84. The van der Waals surface area contributed by atoms with Gasteiger partial charge in [0, 0.05) is 6.42 Å². The molecule has 0 fully saturated rings. The molecule has 1 aliphatic rings. The third-order valence-electron chi connectivity index (χ3n) is 2.21. The highest BCUT2D eigenvalue weighted by atomic mass is 19.4. The van der Waals surface area contributed by atoms with Gasteiger partial charge in [-0.15, -0.1) is 10.2 Å². The Labute approximate surface area is 96.6 Å². The molecule has 1 N–H and O–H groups in total. The number of nitrogens with zero attached hydrogens (tertiary/aromatic N) is 4. The average molecular weight is 274 g/mol. The van der Waals surface area contributed by atoms with Gasteiger partial charge in [-0.1, -0.05) is 0 Å². The summed E-state index contributed by atoms with van der Waals surface area (Å²) in [5.74, 6) is -4.01. The van der Waals surface area contributed by atoms with E-state index in [0.29, 0.717) is 0 Å². The Morgan fingerprint density at radius 3 is 2.06 bits per heavy atom. The van der Waals surface area contributed by atoms with E-state index >= 15 is 0 Å². The fraction of sp³-hybridized carbons (Fsp3) is 0.857. The second kappa shape index (κ2) is 4.90. The number of hydrogen-bond acceptors (Lipinski definition) is 5. The van der Waals surface area contributed by atoms with E-state index in [2.05, 4.69) is 20.7 Å². The van der Waals surface area contributed by atoms with Crippen molar-refractivity contribution in [3.8, 4) is 0 Å². The van der Waals surface area contributed by atoms with Crippen LogP contribution >= 0.6 is 0 Å². The zero-order valence-electron chi connectivity index (χ0n) is 8.60. The second-order valence-electron chi connectivity index (χ2n) is 3.57. The first-order valence-corrected chi connectivity index (χ1v) is 4.58. The van der Waals surface area contributed by atoms with Gasteiger partial charge in [0.15, 0.2) is 0 Å². The van der Waals surface area contributed by atoms with Crippen molar-refractivity contribution in [2.24, 2.45) is 26.6 Å². The smallest absolute Gasteiger partial charge is 0.393 e. The lowest BCUT2D eigenvalue weighted by Crippen LogP contribution is -2.42. The largest absolute Gasteiger partial charge is 0.481 e. The summed E-state index contributed by atoms with van der Waals surface area (Å²) in [5.41, 5.74) is -2.64. The summed E-state index contributed by atoms with van der Waals surface area (Å²) in [6.07, 6.45) is -11.1. The first-order chi connectivity index (χ1) is 8.16. The lowest BCUT2D eigenvalue weighted by molar-refractivity contribution is -0.162. The molecule has 11 heteroatoms. The van der Waals surface area contributed by atoms with Crippen LogP contribution in [0.25, 0.3) is 0 Å². The van der Waals surface area contributed by atoms with Crippen LogP contribution in [0, 0.1) is 5.92 Å². The molecule has 0 aromatic carbocycles. The molecule has 0 radical (unpaired) electrons. The second-order valence-corrected chi connectivity index (χ2v) is 3.57. The third kappa shape index (κ3) is 3.40. The van der Waals surface area contributed by atoms with Gasteiger partial charge in [0.25, 0.3) is 0 Å². The topological polar surface area (TPSA) is 86.7 Å². The van der Waals surface area contributed by atoms with E-state index in [1.807, 2.05) is 0 Å². The highest BCUT2D eigenvalue weighted by Crippen LogP contribution is 2.41. The maximum absolute atomic E-state index is 12.3. The van der Waals surface area contributed by atoms with Gasteiger partial charge >= 0.3 is 12.1 Å². The van der Waals surface area contributed by atoms with Gasteiger partial charge in [0.05, 0.1) is 6.42 Å². The number of hydrogen-bond donors (Lipinski definition) is 1. The Balaban J connectivity index is 3.05. The first kappa shape index (κ1) is 14.4. The maximum atomic E-state index is 12.3. The molecule has 1 rings (SSSR count). The molecule has 0 aromatic heterocycles. The zero-order chi connectivity index (χ0) is 14.0. The third-order valence-corrected chi connectivity index (χ3v) is 2.21. The van der Waals surface area contributed by atoms with Crippen LogP contribution in [0.5, 0.6) is 0 Å². The Kier molecular flexibility index (Phi) is 3.92. The average Bonchev–Trinajstić information content (AvgIpc) is 2.60. The lowest BCUT2D eigenvalue weighted by atomic mass is 9.88. The van der Waals surface area contributed by atoms with Crippen molar-refractivity contribution in [1.29, 1.82) is 0 Å². The Hall–Kier alpha value is -1.68. The van der Waals surface area contributed by atoms with Crippen LogP contribution in [0.3, 0.4) is 0 Å². The molecule has 0 saturated heterocycles. The van der Waals surface area contributed by atoms with Crippen molar-refractivity contribution in [1.82, 2.24) is 0 Å². The molecule has 18 heavy (non-hydrogen) atoms. The molecular weight excluding hydrogens is 267 g/mol. The molecule has 0 aromatic rings. The summed E-state index contributed by atoms with van der Waals surface area (Å²) in [6.45, 7) is 0. The van der Waals surface area contributed by atoms with E-state index in [4.69, 9.17) is 5.11 Å². The summed E-state index contributed by atoms with van der Waals surface area (Å²) < 4.78 is 61.4. The monoisotopic (exact) mass is 274 g/mol. The fourth-order valence-electron chi connectivity index (χ4n) is 1.51. The predicted octanol–water partition coefficient (Wildman–Crippen LogP) is 2.82. The van der Waals surface area contributed by atoms with Gasteiger partial charge < -0.3 is 5.11 Å². The van der Waals surface area contributed by atoms with Crippen LogP contribution in [-0.2, 0) is 4.79 Å². The molecule has 0 amide bonds. The van der Waals surface area contributed by atoms with Crippen molar-refractivity contribution in [3.63, 3.8) is 0 Å². The van der Waals surface area contributed by atoms with Gasteiger partial charge in [-0.2, -0.15) is 13.2 Å². The number of carbonyl (C=O) groups is 1. The van der Waals surface area contributed by atoms with E-state index in [-0.39, 0.29) is 0 Å². The predicted molar refractivity (Wildman–Crippen MR) is 44.9 cm³/mol. The Morgan fingerprint density at radius 2 is 1.72 bits per heavy atom. The molecule has 0 spiro atoms. The summed E-state index contributed by atoms with van der Waals surface area (Å²) in [7, 11) is 0. The van der Waals surface area contributed by atoms with E-state index < -0.39 is 43.0 Å². The quantitative estimate of drug-likeness (QED) is 0.781. The molecular formula is C7H7F5N4O2. The Morgan fingerprint density at radius 1 is 1.22 bits per heavy atom. The summed E-state index contributed by atoms with van der Waals surface area (Å²) in [5, 5.41) is 20.3. The lowest BCUT2D eigenvalue weighted by Gasteiger charge is -2.27. The molecule has 102 valence electrons. The number of aliphatic carboxylic acids is 1. The van der Waals surface area contributed by atoms with Crippen LogP contribution in [0.1, 0.15) is 12.8 Å². The zero-order valence-corrected chi connectivity index (χ0v) is 8.60. The summed E-state index contributed by atoms with van der Waals surface area (Å²) >= 11 is 0. The maximum Gasteiger partial charge on any atom is 0.393 e. The van der Waals surface area contributed by atoms with Crippen molar-refractivity contribution >= 4 is 5.97 Å². The molecule has 1 aliphatic heterocycles. The normalized spacial score (nSPS) is 19.4. The van der Waals surface area contributed by atoms with Crippen molar-refractivity contribution in [2.45, 2.75) is 31.1 Å².